The second-order valence-corrected chi connectivity index (χ2v) is 14.9. The maximum Gasteiger partial charge on any atom is 0.260 e. The fourth-order valence-electron chi connectivity index (χ4n) is 8.70. The fraction of sp³-hybridized carbons (Fsp3) is 0.656. The van der Waals surface area contributed by atoms with Gasteiger partial charge in [-0.05, 0) is 99.7 Å². The standard InChI is InChI=1S/C32H34F3N5O3/c33-31-15-29(16-31,17-31)14-23(41)40(21-3-1-2-20(12-21)25-36-24(38-42-25)19-4-5-19)18-28-6-9-30(10-7-28,11-8-28)27-37-26(43-39-27)22-13-32(22,34)35/h1-3,12,19,22H,4-11,13-18H2. The number of anilines is 1. The van der Waals surface area contributed by atoms with Gasteiger partial charge in [-0.2, -0.15) is 9.97 Å². The van der Waals surface area contributed by atoms with E-state index in [4.69, 9.17) is 9.05 Å². The van der Waals surface area contributed by atoms with Crippen molar-refractivity contribution in [1.29, 1.82) is 0 Å². The molecule has 2 aromatic heterocycles. The Morgan fingerprint density at radius 1 is 0.930 bits per heavy atom. The van der Waals surface area contributed by atoms with Crippen LogP contribution in [0.25, 0.3) is 11.5 Å². The van der Waals surface area contributed by atoms with Gasteiger partial charge in [-0.1, -0.05) is 16.4 Å². The van der Waals surface area contributed by atoms with Gasteiger partial charge in [0.05, 0.1) is 0 Å². The van der Waals surface area contributed by atoms with E-state index in [9.17, 15) is 18.0 Å². The predicted molar refractivity (Wildman–Crippen MR) is 147 cm³/mol. The van der Waals surface area contributed by atoms with E-state index in [2.05, 4.69) is 20.3 Å². The molecule has 0 N–H and O–H groups in total. The number of carbonyl (C=O) groups is 1. The molecule has 1 aromatic carbocycles. The van der Waals surface area contributed by atoms with Crippen LogP contribution in [0, 0.1) is 10.8 Å². The summed E-state index contributed by atoms with van der Waals surface area (Å²) in [5.74, 6) is -1.46. The molecule has 8 fully saturated rings. The zero-order chi connectivity index (χ0) is 29.2. The van der Waals surface area contributed by atoms with E-state index >= 15 is 0 Å². The van der Waals surface area contributed by atoms with Gasteiger partial charge < -0.3 is 13.9 Å². The van der Waals surface area contributed by atoms with Gasteiger partial charge in [-0.25, -0.2) is 13.2 Å². The van der Waals surface area contributed by atoms with Crippen LogP contribution in [0.2, 0.25) is 0 Å². The quantitative estimate of drug-likeness (QED) is 0.263. The maximum absolute atomic E-state index is 14.3. The summed E-state index contributed by atoms with van der Waals surface area (Å²) in [7, 11) is 0. The molecule has 1 amide bonds. The summed E-state index contributed by atoms with van der Waals surface area (Å²) in [5.41, 5.74) is -0.0226. The summed E-state index contributed by atoms with van der Waals surface area (Å²) < 4.78 is 52.5. The molecule has 1 atom stereocenters. The number of aromatic nitrogens is 4. The van der Waals surface area contributed by atoms with Crippen molar-refractivity contribution in [2.24, 2.45) is 10.8 Å². The average Bonchev–Trinajstić information content (AvgIpc) is 3.78. The molecule has 8 nitrogen and oxygen atoms in total. The van der Waals surface area contributed by atoms with Crippen LogP contribution >= 0.6 is 0 Å². The molecule has 8 saturated carbocycles. The van der Waals surface area contributed by atoms with Crippen molar-refractivity contribution in [1.82, 2.24) is 20.3 Å². The molecular weight excluding hydrogens is 559 g/mol. The largest absolute Gasteiger partial charge is 0.339 e. The van der Waals surface area contributed by atoms with Crippen molar-refractivity contribution in [2.75, 3.05) is 11.4 Å². The molecule has 2 heterocycles. The van der Waals surface area contributed by atoms with E-state index in [0.717, 1.165) is 68.4 Å². The summed E-state index contributed by atoms with van der Waals surface area (Å²) in [5, 5.41) is 8.34. The van der Waals surface area contributed by atoms with Crippen molar-refractivity contribution in [3.05, 3.63) is 41.8 Å². The summed E-state index contributed by atoms with van der Waals surface area (Å²) in [6.45, 7) is 0.575. The highest BCUT2D eigenvalue weighted by atomic mass is 19.3. The van der Waals surface area contributed by atoms with Crippen LogP contribution in [0.4, 0.5) is 18.9 Å². The van der Waals surface area contributed by atoms with E-state index in [1.165, 1.54) is 0 Å². The van der Waals surface area contributed by atoms with Crippen LogP contribution in [0.5, 0.6) is 0 Å². The van der Waals surface area contributed by atoms with Gasteiger partial charge in [0.1, 0.15) is 11.6 Å². The summed E-state index contributed by atoms with van der Waals surface area (Å²) in [6, 6.07) is 7.77. The number of halogens is 3. The van der Waals surface area contributed by atoms with Crippen molar-refractivity contribution < 1.29 is 27.0 Å². The SMILES string of the molecule is O=C(CC12CC(F)(C1)C2)N(CC12CCC(c3noc(C4CC4(F)F)n3)(CC1)CC2)c1cccc(-c2nc(C3CC3)no2)c1. The Morgan fingerprint density at radius 2 is 1.65 bits per heavy atom. The van der Waals surface area contributed by atoms with Crippen LogP contribution in [-0.2, 0) is 10.2 Å². The minimum atomic E-state index is -2.74. The Balaban J connectivity index is 0.965. The van der Waals surface area contributed by atoms with E-state index in [1.54, 1.807) is 0 Å². The smallest absolute Gasteiger partial charge is 0.260 e. The number of hydrogen-bond acceptors (Lipinski definition) is 7. The minimum absolute atomic E-state index is 0.0352. The highest BCUT2D eigenvalue weighted by molar-refractivity contribution is 5.94. The molecule has 226 valence electrons. The highest BCUT2D eigenvalue weighted by Crippen LogP contribution is 2.71. The van der Waals surface area contributed by atoms with Gasteiger partial charge in [0, 0.05) is 42.0 Å². The van der Waals surface area contributed by atoms with E-state index in [-0.39, 0.29) is 34.5 Å². The molecule has 0 aliphatic heterocycles. The van der Waals surface area contributed by atoms with Crippen LogP contribution < -0.4 is 4.90 Å². The predicted octanol–water partition coefficient (Wildman–Crippen LogP) is 7.03. The number of rotatable bonds is 9. The lowest BCUT2D eigenvalue weighted by Gasteiger charge is -2.66. The third-order valence-electron chi connectivity index (χ3n) is 11.6. The number of amides is 1. The monoisotopic (exact) mass is 593 g/mol. The Hall–Kier alpha value is -3.24. The molecule has 4 bridgehead atoms. The van der Waals surface area contributed by atoms with Gasteiger partial charge in [0.25, 0.3) is 11.8 Å². The first-order valence-corrected chi connectivity index (χ1v) is 15.7. The summed E-state index contributed by atoms with van der Waals surface area (Å²) >= 11 is 0. The lowest BCUT2D eigenvalue weighted by molar-refractivity contribution is -0.215. The molecule has 8 aliphatic rings. The number of carbonyl (C=O) groups excluding carboxylic acids is 1. The number of alkyl halides is 3. The second-order valence-electron chi connectivity index (χ2n) is 14.9. The van der Waals surface area contributed by atoms with E-state index in [0.29, 0.717) is 49.9 Å². The van der Waals surface area contributed by atoms with Crippen LogP contribution in [0.1, 0.15) is 113 Å². The van der Waals surface area contributed by atoms with Crippen LogP contribution in [0.15, 0.2) is 33.3 Å². The summed E-state index contributed by atoms with van der Waals surface area (Å²) in [6.07, 6.45) is 8.88. The van der Waals surface area contributed by atoms with Gasteiger partial charge in [0.15, 0.2) is 11.6 Å². The van der Waals surface area contributed by atoms with Crippen molar-refractivity contribution in [2.45, 2.75) is 112 Å². The number of benzene rings is 1. The number of hydrogen-bond donors (Lipinski definition) is 0. The molecular formula is C32H34F3N5O3. The van der Waals surface area contributed by atoms with Crippen molar-refractivity contribution in [3.8, 4) is 11.5 Å². The van der Waals surface area contributed by atoms with Gasteiger partial charge in [-0.3, -0.25) is 4.79 Å². The molecule has 8 aliphatic carbocycles. The van der Waals surface area contributed by atoms with Crippen LogP contribution in [0.3, 0.4) is 0 Å². The molecule has 0 spiro atoms. The zero-order valence-electron chi connectivity index (χ0n) is 24.0. The summed E-state index contributed by atoms with van der Waals surface area (Å²) in [4.78, 5) is 25.0. The van der Waals surface area contributed by atoms with Gasteiger partial charge in [-0.15, -0.1) is 0 Å². The lowest BCUT2D eigenvalue weighted by Crippen LogP contribution is -2.65. The number of nitrogens with zero attached hydrogens (tertiary/aromatic N) is 5. The topological polar surface area (TPSA) is 98.2 Å². The Labute approximate surface area is 246 Å². The zero-order valence-corrected chi connectivity index (χ0v) is 24.0. The molecule has 43 heavy (non-hydrogen) atoms. The molecule has 1 unspecified atom stereocenters. The van der Waals surface area contributed by atoms with Crippen LogP contribution in [-0.4, -0.2) is 44.3 Å². The van der Waals surface area contributed by atoms with Crippen molar-refractivity contribution in [3.63, 3.8) is 0 Å². The van der Waals surface area contributed by atoms with E-state index < -0.39 is 17.5 Å². The van der Waals surface area contributed by atoms with Crippen molar-refractivity contribution >= 4 is 11.6 Å². The van der Waals surface area contributed by atoms with Gasteiger partial charge in [0.2, 0.25) is 11.8 Å². The third-order valence-corrected chi connectivity index (χ3v) is 11.6. The van der Waals surface area contributed by atoms with Gasteiger partial charge >= 0.3 is 0 Å². The first-order chi connectivity index (χ1) is 20.6. The average molecular weight is 594 g/mol. The first-order valence-electron chi connectivity index (χ1n) is 15.7. The second kappa shape index (κ2) is 8.47. The molecule has 11 rings (SSSR count). The minimum Gasteiger partial charge on any atom is -0.339 e. The maximum atomic E-state index is 14.3. The normalized spacial score (nSPS) is 36.6. The number of fused-ring (bicyclic) bond motifs is 3. The Morgan fingerprint density at radius 3 is 2.30 bits per heavy atom. The van der Waals surface area contributed by atoms with E-state index in [1.807, 2.05) is 29.2 Å². The fourth-order valence-corrected chi connectivity index (χ4v) is 8.70. The molecule has 0 saturated heterocycles. The Kier molecular flexibility index (Phi) is 5.16. The highest BCUT2D eigenvalue weighted by Gasteiger charge is 2.69. The Bertz CT molecular complexity index is 1580. The lowest BCUT2D eigenvalue weighted by atomic mass is 9.41. The molecule has 11 heteroatoms. The molecule has 0 radical (unpaired) electrons. The molecule has 3 aromatic rings. The first kappa shape index (κ1) is 26.2. The third kappa shape index (κ3) is 4.19.